The van der Waals surface area contributed by atoms with Gasteiger partial charge in [0, 0.05) is 23.7 Å². The maximum absolute atomic E-state index is 5.90. The van der Waals surface area contributed by atoms with E-state index < -0.39 is 0 Å². The first-order valence-electron chi connectivity index (χ1n) is 7.38. The highest BCUT2D eigenvalue weighted by Crippen LogP contribution is 2.32. The summed E-state index contributed by atoms with van der Waals surface area (Å²) in [5, 5.41) is 4.18. The molecule has 22 heavy (non-hydrogen) atoms. The Morgan fingerprint density at radius 3 is 2.41 bits per heavy atom. The Kier molecular flexibility index (Phi) is 6.10. The van der Waals surface area contributed by atoms with Crippen molar-refractivity contribution in [1.82, 2.24) is 5.32 Å². The molecule has 0 unspecified atom stereocenters. The molecule has 0 saturated heterocycles. The van der Waals surface area contributed by atoms with Crippen LogP contribution in [0.5, 0.6) is 11.5 Å². The van der Waals surface area contributed by atoms with Crippen molar-refractivity contribution in [2.75, 3.05) is 7.11 Å². The van der Waals surface area contributed by atoms with Crippen molar-refractivity contribution in [2.24, 2.45) is 0 Å². The summed E-state index contributed by atoms with van der Waals surface area (Å²) < 4.78 is 11.3. The van der Waals surface area contributed by atoms with Crippen LogP contribution in [-0.2, 0) is 13.1 Å². The predicted molar refractivity (Wildman–Crippen MR) is 90.8 cm³/mol. The van der Waals surface area contributed by atoms with Crippen molar-refractivity contribution >= 4 is 11.6 Å². The summed E-state index contributed by atoms with van der Waals surface area (Å²) in [5.74, 6) is 1.57. The van der Waals surface area contributed by atoms with E-state index in [2.05, 4.69) is 11.4 Å². The fourth-order valence-corrected chi connectivity index (χ4v) is 2.30. The van der Waals surface area contributed by atoms with Gasteiger partial charge in [-0.15, -0.1) is 0 Å². The molecule has 2 aromatic rings. The first-order chi connectivity index (χ1) is 10.6. The third-order valence-electron chi connectivity index (χ3n) is 3.19. The van der Waals surface area contributed by atoms with Gasteiger partial charge >= 0.3 is 0 Å². The first-order valence-corrected chi connectivity index (χ1v) is 7.75. The van der Waals surface area contributed by atoms with Gasteiger partial charge in [-0.25, -0.2) is 0 Å². The number of benzene rings is 2. The molecule has 118 valence electrons. The standard InChI is InChI=1S/C18H22ClNO2/c1-13(2)22-18-15(5-4-6-17(18)21-3)12-20-11-14-7-9-16(19)10-8-14/h4-10,13,20H,11-12H2,1-3H3. The molecule has 1 N–H and O–H groups in total. The molecule has 0 aliphatic rings. The summed E-state index contributed by atoms with van der Waals surface area (Å²) in [4.78, 5) is 0. The fraction of sp³-hybridized carbons (Fsp3) is 0.333. The Morgan fingerprint density at radius 2 is 1.77 bits per heavy atom. The minimum atomic E-state index is 0.103. The molecule has 2 aromatic carbocycles. The summed E-state index contributed by atoms with van der Waals surface area (Å²) >= 11 is 5.89. The zero-order chi connectivity index (χ0) is 15.9. The first kappa shape index (κ1) is 16.7. The normalized spacial score (nSPS) is 10.8. The Balaban J connectivity index is 2.03. The molecular formula is C18H22ClNO2. The number of para-hydroxylation sites is 1. The maximum Gasteiger partial charge on any atom is 0.166 e. The van der Waals surface area contributed by atoms with E-state index in [9.17, 15) is 0 Å². The van der Waals surface area contributed by atoms with Gasteiger partial charge in [0.1, 0.15) is 0 Å². The van der Waals surface area contributed by atoms with Crippen molar-refractivity contribution in [3.05, 3.63) is 58.6 Å². The Labute approximate surface area is 137 Å². The largest absolute Gasteiger partial charge is 0.493 e. The van der Waals surface area contributed by atoms with Gasteiger partial charge in [-0.2, -0.15) is 0 Å². The number of nitrogens with one attached hydrogen (secondary N) is 1. The van der Waals surface area contributed by atoms with E-state index in [1.807, 2.05) is 50.2 Å². The van der Waals surface area contributed by atoms with E-state index in [1.54, 1.807) is 7.11 Å². The van der Waals surface area contributed by atoms with E-state index >= 15 is 0 Å². The average molecular weight is 320 g/mol. The molecule has 0 amide bonds. The highest BCUT2D eigenvalue weighted by Gasteiger charge is 2.11. The van der Waals surface area contributed by atoms with Gasteiger partial charge < -0.3 is 14.8 Å². The van der Waals surface area contributed by atoms with Crippen LogP contribution in [0.2, 0.25) is 5.02 Å². The quantitative estimate of drug-likeness (QED) is 0.819. The van der Waals surface area contributed by atoms with Gasteiger partial charge in [0.2, 0.25) is 0 Å². The van der Waals surface area contributed by atoms with Crippen LogP contribution in [0.25, 0.3) is 0 Å². The monoisotopic (exact) mass is 319 g/mol. The molecule has 0 bridgehead atoms. The molecule has 3 nitrogen and oxygen atoms in total. The zero-order valence-corrected chi connectivity index (χ0v) is 14.0. The van der Waals surface area contributed by atoms with Crippen molar-refractivity contribution < 1.29 is 9.47 Å². The van der Waals surface area contributed by atoms with Gasteiger partial charge in [0.05, 0.1) is 13.2 Å². The molecule has 0 radical (unpaired) electrons. The molecule has 2 rings (SSSR count). The molecule has 0 spiro atoms. The molecule has 0 aromatic heterocycles. The number of hydrogen-bond donors (Lipinski definition) is 1. The van der Waals surface area contributed by atoms with E-state index in [0.29, 0.717) is 6.54 Å². The fourth-order valence-electron chi connectivity index (χ4n) is 2.17. The lowest BCUT2D eigenvalue weighted by Crippen LogP contribution is -2.15. The predicted octanol–water partition coefficient (Wildman–Crippen LogP) is 4.43. The van der Waals surface area contributed by atoms with Gasteiger partial charge in [-0.1, -0.05) is 35.9 Å². The van der Waals surface area contributed by atoms with Crippen LogP contribution < -0.4 is 14.8 Å². The van der Waals surface area contributed by atoms with E-state index in [-0.39, 0.29) is 6.10 Å². The minimum absolute atomic E-state index is 0.103. The van der Waals surface area contributed by atoms with Gasteiger partial charge in [-0.05, 0) is 37.6 Å². The SMILES string of the molecule is COc1cccc(CNCc2ccc(Cl)cc2)c1OC(C)C. The molecule has 0 heterocycles. The molecule has 0 atom stereocenters. The van der Waals surface area contributed by atoms with Crippen molar-refractivity contribution in [1.29, 1.82) is 0 Å². The van der Waals surface area contributed by atoms with Gasteiger partial charge in [0.15, 0.2) is 11.5 Å². The lowest BCUT2D eigenvalue weighted by molar-refractivity contribution is 0.227. The lowest BCUT2D eigenvalue weighted by Gasteiger charge is -2.17. The summed E-state index contributed by atoms with van der Waals surface area (Å²) in [7, 11) is 1.66. The second kappa shape index (κ2) is 8.06. The van der Waals surface area contributed by atoms with E-state index in [4.69, 9.17) is 21.1 Å². The number of methoxy groups -OCH3 is 1. The zero-order valence-electron chi connectivity index (χ0n) is 13.2. The van der Waals surface area contributed by atoms with Gasteiger partial charge in [0.25, 0.3) is 0 Å². The second-order valence-electron chi connectivity index (χ2n) is 5.35. The summed E-state index contributed by atoms with van der Waals surface area (Å²) in [5.41, 5.74) is 2.28. The van der Waals surface area contributed by atoms with Gasteiger partial charge in [-0.3, -0.25) is 0 Å². The Hall–Kier alpha value is -1.71. The number of halogens is 1. The molecule has 0 aliphatic heterocycles. The molecule has 0 saturated carbocycles. The lowest BCUT2D eigenvalue weighted by atomic mass is 10.1. The number of hydrogen-bond acceptors (Lipinski definition) is 3. The summed E-state index contributed by atoms with van der Waals surface area (Å²) in [6.45, 7) is 5.51. The highest BCUT2D eigenvalue weighted by molar-refractivity contribution is 6.30. The van der Waals surface area contributed by atoms with Crippen molar-refractivity contribution in [3.63, 3.8) is 0 Å². The van der Waals surface area contributed by atoms with Crippen molar-refractivity contribution in [2.45, 2.75) is 33.0 Å². The topological polar surface area (TPSA) is 30.5 Å². The average Bonchev–Trinajstić information content (AvgIpc) is 2.50. The van der Waals surface area contributed by atoms with Crippen LogP contribution in [0.15, 0.2) is 42.5 Å². The Morgan fingerprint density at radius 1 is 1.05 bits per heavy atom. The smallest absolute Gasteiger partial charge is 0.166 e. The van der Waals surface area contributed by atoms with E-state index in [1.165, 1.54) is 5.56 Å². The highest BCUT2D eigenvalue weighted by atomic mass is 35.5. The van der Waals surface area contributed by atoms with Crippen molar-refractivity contribution in [3.8, 4) is 11.5 Å². The number of rotatable bonds is 7. The molecule has 4 heteroatoms. The Bertz CT molecular complexity index is 597. The third-order valence-corrected chi connectivity index (χ3v) is 3.44. The minimum Gasteiger partial charge on any atom is -0.493 e. The third kappa shape index (κ3) is 4.65. The molecular weight excluding hydrogens is 298 g/mol. The van der Waals surface area contributed by atoms with Crippen LogP contribution in [-0.4, -0.2) is 13.2 Å². The summed E-state index contributed by atoms with van der Waals surface area (Å²) in [6, 6.07) is 13.8. The maximum atomic E-state index is 5.90. The number of ether oxygens (including phenoxy) is 2. The van der Waals surface area contributed by atoms with Crippen LogP contribution in [0.3, 0.4) is 0 Å². The molecule has 0 aliphatic carbocycles. The molecule has 0 fully saturated rings. The van der Waals surface area contributed by atoms with E-state index in [0.717, 1.165) is 28.6 Å². The van der Waals surface area contributed by atoms with Crippen LogP contribution in [0, 0.1) is 0 Å². The second-order valence-corrected chi connectivity index (χ2v) is 5.78. The van der Waals surface area contributed by atoms with Crippen LogP contribution in [0.4, 0.5) is 0 Å². The van der Waals surface area contributed by atoms with Crippen LogP contribution >= 0.6 is 11.6 Å². The van der Waals surface area contributed by atoms with Crippen LogP contribution in [0.1, 0.15) is 25.0 Å². The summed E-state index contributed by atoms with van der Waals surface area (Å²) in [6.07, 6.45) is 0.103.